The Bertz CT molecular complexity index is 367. The molecule has 20 heavy (non-hydrogen) atoms. The lowest BCUT2D eigenvalue weighted by atomic mass is 10.2. The topological polar surface area (TPSA) is 51.2 Å². The molecule has 0 spiro atoms. The molecule has 1 unspecified atom stereocenters. The maximum atomic E-state index is 10.1. The Morgan fingerprint density at radius 1 is 1.25 bits per heavy atom. The highest BCUT2D eigenvalue weighted by atomic mass is 16.7. The van der Waals surface area contributed by atoms with Gasteiger partial charge in [0.1, 0.15) is 0 Å². The molecule has 0 bridgehead atoms. The predicted octanol–water partition coefficient (Wildman–Crippen LogP) is 1.59. The highest BCUT2D eigenvalue weighted by molar-refractivity contribution is 5.13. The maximum Gasteiger partial charge on any atom is 0.216 e. The maximum absolute atomic E-state index is 10.1. The molecule has 112 valence electrons. The second-order valence-electron chi connectivity index (χ2n) is 4.27. The van der Waals surface area contributed by atoms with Crippen molar-refractivity contribution in [3.05, 3.63) is 48.6 Å². The first-order valence-electron chi connectivity index (χ1n) is 6.45. The fourth-order valence-electron chi connectivity index (χ4n) is 1.71. The van der Waals surface area contributed by atoms with Gasteiger partial charge < -0.3 is 19.3 Å². The molecule has 0 aliphatic carbocycles. The Labute approximate surface area is 120 Å². The van der Waals surface area contributed by atoms with Gasteiger partial charge in [0.05, 0.1) is 13.2 Å². The lowest BCUT2D eigenvalue weighted by Gasteiger charge is -2.29. The van der Waals surface area contributed by atoms with Crippen molar-refractivity contribution >= 4 is 0 Å². The summed E-state index contributed by atoms with van der Waals surface area (Å²) in [7, 11) is 3.11. The van der Waals surface area contributed by atoms with E-state index in [-0.39, 0.29) is 0 Å². The van der Waals surface area contributed by atoms with E-state index in [1.165, 1.54) is 0 Å². The van der Waals surface area contributed by atoms with Crippen LogP contribution in [0.5, 0.6) is 0 Å². The molecule has 0 heterocycles. The van der Waals surface area contributed by atoms with Crippen LogP contribution in [0.4, 0.5) is 0 Å². The Balaban J connectivity index is 2.50. The summed E-state index contributed by atoms with van der Waals surface area (Å²) in [5, 5.41) is 10.1. The van der Waals surface area contributed by atoms with E-state index >= 15 is 0 Å². The van der Waals surface area contributed by atoms with E-state index in [0.717, 1.165) is 5.56 Å². The predicted molar refractivity (Wildman–Crippen MR) is 76.8 cm³/mol. The van der Waals surface area contributed by atoms with Gasteiger partial charge in [-0.1, -0.05) is 36.4 Å². The van der Waals surface area contributed by atoms with Crippen LogP contribution in [0.25, 0.3) is 0 Å². The highest BCUT2D eigenvalue weighted by Gasteiger charge is 2.19. The minimum absolute atomic E-state index is 0.334. The fourth-order valence-corrected chi connectivity index (χ4v) is 1.71. The van der Waals surface area contributed by atoms with Crippen molar-refractivity contribution in [2.24, 2.45) is 0 Å². The highest BCUT2D eigenvalue weighted by Crippen LogP contribution is 2.07. The van der Waals surface area contributed by atoms with Crippen LogP contribution in [-0.2, 0) is 20.8 Å². The van der Waals surface area contributed by atoms with Gasteiger partial charge in [-0.25, -0.2) is 4.90 Å². The minimum Gasteiger partial charge on any atom is -0.356 e. The SMILES string of the molecule is C=CCN(CC(OC)OC)C(O)OCc1ccccc1. The molecule has 0 aliphatic rings. The second kappa shape index (κ2) is 9.63. The van der Waals surface area contributed by atoms with Gasteiger partial charge >= 0.3 is 0 Å². The van der Waals surface area contributed by atoms with Gasteiger partial charge in [0.2, 0.25) is 6.41 Å². The van der Waals surface area contributed by atoms with Crippen molar-refractivity contribution in [2.75, 3.05) is 27.3 Å². The molecule has 0 aliphatic heterocycles. The molecular weight excluding hydrogens is 258 g/mol. The number of rotatable bonds is 10. The van der Waals surface area contributed by atoms with E-state index in [4.69, 9.17) is 14.2 Å². The first kappa shape index (κ1) is 16.8. The summed E-state index contributed by atoms with van der Waals surface area (Å²) in [4.78, 5) is 1.67. The van der Waals surface area contributed by atoms with Gasteiger partial charge in [0.25, 0.3) is 0 Å². The number of nitrogens with zero attached hydrogens (tertiary/aromatic N) is 1. The molecule has 1 rings (SSSR count). The number of hydrogen-bond acceptors (Lipinski definition) is 5. The third kappa shape index (κ3) is 5.81. The van der Waals surface area contributed by atoms with Crippen LogP contribution in [0.2, 0.25) is 0 Å². The van der Waals surface area contributed by atoms with Crippen LogP contribution in [0.15, 0.2) is 43.0 Å². The molecule has 5 nitrogen and oxygen atoms in total. The molecular formula is C15H23NO4. The van der Waals surface area contributed by atoms with Crippen LogP contribution in [-0.4, -0.2) is 50.0 Å². The van der Waals surface area contributed by atoms with Gasteiger partial charge in [-0.05, 0) is 5.56 Å². The summed E-state index contributed by atoms with van der Waals surface area (Å²) in [6, 6.07) is 9.68. The molecule has 1 N–H and O–H groups in total. The summed E-state index contributed by atoms with van der Waals surface area (Å²) in [5.74, 6) is 0. The van der Waals surface area contributed by atoms with Crippen LogP contribution < -0.4 is 0 Å². The zero-order valence-corrected chi connectivity index (χ0v) is 12.1. The Morgan fingerprint density at radius 2 is 1.90 bits per heavy atom. The monoisotopic (exact) mass is 281 g/mol. The first-order chi connectivity index (χ1) is 9.71. The van der Waals surface area contributed by atoms with Crippen molar-refractivity contribution < 1.29 is 19.3 Å². The third-order valence-electron chi connectivity index (χ3n) is 2.83. The number of benzene rings is 1. The summed E-state index contributed by atoms with van der Waals surface area (Å²) in [6.07, 6.45) is 0.225. The van der Waals surface area contributed by atoms with Crippen LogP contribution in [0.3, 0.4) is 0 Å². The molecule has 0 aromatic heterocycles. The van der Waals surface area contributed by atoms with Crippen molar-refractivity contribution in [3.63, 3.8) is 0 Å². The normalized spacial score (nSPS) is 12.8. The molecule has 1 atom stereocenters. The van der Waals surface area contributed by atoms with Crippen LogP contribution in [0, 0.1) is 0 Å². The van der Waals surface area contributed by atoms with Gasteiger partial charge in [-0.15, -0.1) is 6.58 Å². The average molecular weight is 281 g/mol. The van der Waals surface area contributed by atoms with Crippen molar-refractivity contribution in [3.8, 4) is 0 Å². The summed E-state index contributed by atoms with van der Waals surface area (Å²) < 4.78 is 15.7. The van der Waals surface area contributed by atoms with E-state index < -0.39 is 12.7 Å². The minimum atomic E-state index is -1.04. The number of ether oxygens (including phenoxy) is 3. The number of aliphatic hydroxyl groups excluding tert-OH is 1. The lowest BCUT2D eigenvalue weighted by Crippen LogP contribution is -2.43. The molecule has 0 amide bonds. The van der Waals surface area contributed by atoms with Crippen molar-refractivity contribution in [1.82, 2.24) is 4.90 Å². The third-order valence-corrected chi connectivity index (χ3v) is 2.83. The largest absolute Gasteiger partial charge is 0.356 e. The number of aliphatic hydroxyl groups is 1. The van der Waals surface area contributed by atoms with E-state index in [1.54, 1.807) is 25.2 Å². The molecule has 0 saturated carbocycles. The van der Waals surface area contributed by atoms with Crippen LogP contribution in [0.1, 0.15) is 5.56 Å². The van der Waals surface area contributed by atoms with E-state index in [2.05, 4.69) is 6.58 Å². The molecule has 1 aromatic rings. The molecule has 0 fully saturated rings. The number of hydrogen-bond donors (Lipinski definition) is 1. The molecule has 5 heteroatoms. The summed E-state index contributed by atoms with van der Waals surface area (Å²) >= 11 is 0. The zero-order chi connectivity index (χ0) is 14.8. The van der Waals surface area contributed by atoms with Crippen molar-refractivity contribution in [2.45, 2.75) is 19.3 Å². The summed E-state index contributed by atoms with van der Waals surface area (Å²) in [6.45, 7) is 4.86. The average Bonchev–Trinajstić information content (AvgIpc) is 2.50. The molecule has 0 saturated heterocycles. The Hall–Kier alpha value is -1.24. The standard InChI is InChI=1S/C15H23NO4/c1-4-10-16(11-14(18-2)19-3)15(17)20-12-13-8-6-5-7-9-13/h4-9,14-15,17H,1,10-12H2,2-3H3. The lowest BCUT2D eigenvalue weighted by molar-refractivity contribution is -0.220. The Kier molecular flexibility index (Phi) is 8.10. The smallest absolute Gasteiger partial charge is 0.216 e. The molecule has 1 aromatic carbocycles. The summed E-state index contributed by atoms with van der Waals surface area (Å²) in [5.41, 5.74) is 1.00. The van der Waals surface area contributed by atoms with Gasteiger partial charge in [-0.2, -0.15) is 0 Å². The fraction of sp³-hybridized carbons (Fsp3) is 0.467. The van der Waals surface area contributed by atoms with E-state index in [0.29, 0.717) is 19.7 Å². The van der Waals surface area contributed by atoms with E-state index in [9.17, 15) is 5.11 Å². The number of methoxy groups -OCH3 is 2. The zero-order valence-electron chi connectivity index (χ0n) is 12.1. The quantitative estimate of drug-likeness (QED) is 0.521. The Morgan fingerprint density at radius 3 is 2.45 bits per heavy atom. The van der Waals surface area contributed by atoms with Gasteiger partial charge in [0, 0.05) is 20.8 Å². The van der Waals surface area contributed by atoms with Crippen LogP contribution >= 0.6 is 0 Å². The van der Waals surface area contributed by atoms with Gasteiger partial charge in [-0.3, -0.25) is 0 Å². The van der Waals surface area contributed by atoms with Crippen molar-refractivity contribution in [1.29, 1.82) is 0 Å². The molecule has 0 radical (unpaired) electrons. The van der Waals surface area contributed by atoms with Gasteiger partial charge in [0.15, 0.2) is 6.29 Å². The first-order valence-corrected chi connectivity index (χ1v) is 6.45. The second-order valence-corrected chi connectivity index (χ2v) is 4.27. The van der Waals surface area contributed by atoms with E-state index in [1.807, 2.05) is 30.3 Å².